The fraction of sp³-hybridized carbons (Fsp3) is 0.143. The van der Waals surface area contributed by atoms with Crippen molar-refractivity contribution in [2.24, 2.45) is 0 Å². The quantitative estimate of drug-likeness (QED) is 0.336. The summed E-state index contributed by atoms with van der Waals surface area (Å²) in [5.41, 5.74) is 4.99. The van der Waals surface area contributed by atoms with Crippen LogP contribution in [-0.2, 0) is 5.41 Å². The average Bonchev–Trinajstić information content (AvgIpc) is 3.21. The van der Waals surface area contributed by atoms with Crippen LogP contribution in [0.15, 0.2) is 89.3 Å². The van der Waals surface area contributed by atoms with E-state index in [4.69, 9.17) is 4.42 Å². The molecular weight excluding hydrogens is 396 g/mol. The molecule has 5 aromatic rings. The first-order valence-corrected chi connectivity index (χ1v) is 10.7. The molecule has 1 amide bonds. The summed E-state index contributed by atoms with van der Waals surface area (Å²) in [4.78, 5) is 17.6. The van der Waals surface area contributed by atoms with Crippen LogP contribution >= 0.6 is 0 Å². The Morgan fingerprint density at radius 1 is 0.875 bits per heavy atom. The molecule has 0 saturated heterocycles. The molecule has 0 radical (unpaired) electrons. The number of rotatable bonds is 3. The van der Waals surface area contributed by atoms with Gasteiger partial charge >= 0.3 is 0 Å². The highest BCUT2D eigenvalue weighted by Gasteiger charge is 2.15. The summed E-state index contributed by atoms with van der Waals surface area (Å²) < 4.78 is 5.96. The maximum absolute atomic E-state index is 12.9. The van der Waals surface area contributed by atoms with Gasteiger partial charge in [0.25, 0.3) is 5.91 Å². The van der Waals surface area contributed by atoms with E-state index in [1.54, 1.807) is 0 Å². The third kappa shape index (κ3) is 3.76. The second-order valence-corrected chi connectivity index (χ2v) is 9.01. The number of benzene rings is 4. The summed E-state index contributed by atoms with van der Waals surface area (Å²) in [6, 6.07) is 27.4. The molecule has 0 aliphatic rings. The zero-order valence-electron chi connectivity index (χ0n) is 18.3. The summed E-state index contributed by atoms with van der Waals surface area (Å²) in [6.07, 6.45) is 0. The molecule has 1 N–H and O–H groups in total. The number of hydrogen-bond acceptors (Lipinski definition) is 3. The molecule has 4 heteroatoms. The lowest BCUT2D eigenvalue weighted by Gasteiger charge is -2.18. The highest BCUT2D eigenvalue weighted by Crippen LogP contribution is 2.29. The first kappa shape index (κ1) is 20.0. The van der Waals surface area contributed by atoms with E-state index in [9.17, 15) is 4.79 Å². The van der Waals surface area contributed by atoms with Crippen molar-refractivity contribution in [3.8, 4) is 11.5 Å². The minimum absolute atomic E-state index is 0.0943. The minimum atomic E-state index is -0.150. The number of carbonyl (C=O) groups is 1. The third-order valence-corrected chi connectivity index (χ3v) is 5.68. The minimum Gasteiger partial charge on any atom is -0.436 e. The molecule has 0 unspecified atom stereocenters. The normalized spacial score (nSPS) is 11.7. The van der Waals surface area contributed by atoms with E-state index in [1.165, 1.54) is 5.56 Å². The lowest BCUT2D eigenvalue weighted by molar-refractivity contribution is 0.102. The molecule has 1 heterocycles. The van der Waals surface area contributed by atoms with Crippen LogP contribution in [0, 0.1) is 0 Å². The first-order valence-electron chi connectivity index (χ1n) is 10.7. The van der Waals surface area contributed by atoms with Crippen LogP contribution in [0.4, 0.5) is 5.69 Å². The van der Waals surface area contributed by atoms with Gasteiger partial charge in [0.1, 0.15) is 5.52 Å². The predicted octanol–water partition coefficient (Wildman–Crippen LogP) is 7.20. The molecule has 0 atom stereocenters. The molecule has 0 bridgehead atoms. The summed E-state index contributed by atoms with van der Waals surface area (Å²) in [5, 5.41) is 4.96. The Labute approximate surface area is 186 Å². The van der Waals surface area contributed by atoms with E-state index in [0.717, 1.165) is 16.3 Å². The van der Waals surface area contributed by atoms with Crippen molar-refractivity contribution in [2.45, 2.75) is 26.2 Å². The molecule has 32 heavy (non-hydrogen) atoms. The maximum Gasteiger partial charge on any atom is 0.256 e. The van der Waals surface area contributed by atoms with E-state index in [0.29, 0.717) is 28.2 Å². The largest absolute Gasteiger partial charge is 0.436 e. The van der Waals surface area contributed by atoms with Crippen LogP contribution in [0.25, 0.3) is 33.3 Å². The van der Waals surface area contributed by atoms with Gasteiger partial charge in [0.2, 0.25) is 5.89 Å². The fourth-order valence-corrected chi connectivity index (χ4v) is 3.86. The Morgan fingerprint density at radius 2 is 1.62 bits per heavy atom. The molecule has 4 aromatic carbocycles. The zero-order chi connectivity index (χ0) is 22.3. The molecule has 1 aromatic heterocycles. The van der Waals surface area contributed by atoms with Crippen molar-refractivity contribution >= 4 is 33.5 Å². The van der Waals surface area contributed by atoms with E-state index < -0.39 is 0 Å². The Morgan fingerprint density at radius 3 is 2.41 bits per heavy atom. The lowest BCUT2D eigenvalue weighted by Crippen LogP contribution is -2.12. The number of aromatic nitrogens is 1. The predicted molar refractivity (Wildman–Crippen MR) is 130 cm³/mol. The maximum atomic E-state index is 12.9. The molecule has 4 nitrogen and oxygen atoms in total. The smallest absolute Gasteiger partial charge is 0.256 e. The highest BCUT2D eigenvalue weighted by atomic mass is 16.3. The van der Waals surface area contributed by atoms with Crippen molar-refractivity contribution in [2.75, 3.05) is 5.32 Å². The molecule has 0 spiro atoms. The van der Waals surface area contributed by atoms with Crippen molar-refractivity contribution in [1.29, 1.82) is 0 Å². The van der Waals surface area contributed by atoms with Gasteiger partial charge < -0.3 is 9.73 Å². The lowest BCUT2D eigenvalue weighted by atomic mass is 9.87. The third-order valence-electron chi connectivity index (χ3n) is 5.68. The monoisotopic (exact) mass is 420 g/mol. The summed E-state index contributed by atoms with van der Waals surface area (Å²) in [7, 11) is 0. The molecule has 5 rings (SSSR count). The number of amides is 1. The van der Waals surface area contributed by atoms with Crippen LogP contribution < -0.4 is 5.32 Å². The molecule has 0 aliphatic carbocycles. The van der Waals surface area contributed by atoms with Crippen LogP contribution in [0.1, 0.15) is 36.7 Å². The van der Waals surface area contributed by atoms with E-state index in [2.05, 4.69) is 43.2 Å². The van der Waals surface area contributed by atoms with Gasteiger partial charge in [0, 0.05) is 16.8 Å². The topological polar surface area (TPSA) is 55.1 Å². The van der Waals surface area contributed by atoms with Gasteiger partial charge in [0.05, 0.1) is 0 Å². The number of nitrogens with zero attached hydrogens (tertiary/aromatic N) is 1. The fourth-order valence-electron chi connectivity index (χ4n) is 3.86. The van der Waals surface area contributed by atoms with Crippen LogP contribution in [0.5, 0.6) is 0 Å². The van der Waals surface area contributed by atoms with Crippen LogP contribution in [0.3, 0.4) is 0 Å². The van der Waals surface area contributed by atoms with E-state index >= 15 is 0 Å². The summed E-state index contributed by atoms with van der Waals surface area (Å²) in [6.45, 7) is 6.57. The second kappa shape index (κ2) is 7.65. The SMILES string of the molecule is CC(C)(C)c1ccc(-c2nc3cc(NC(=O)c4cccc5ccccc45)ccc3o2)cc1. The Hall–Kier alpha value is -3.92. The first-order chi connectivity index (χ1) is 15.4. The highest BCUT2D eigenvalue weighted by molar-refractivity contribution is 6.13. The van der Waals surface area contributed by atoms with Gasteiger partial charge in [-0.25, -0.2) is 4.98 Å². The molecule has 158 valence electrons. The number of anilines is 1. The van der Waals surface area contributed by atoms with Crippen molar-refractivity contribution in [3.63, 3.8) is 0 Å². The molecular formula is C28H24N2O2. The molecule has 0 fully saturated rings. The Kier molecular flexibility index (Phi) is 4.78. The Balaban J connectivity index is 1.42. The Bertz CT molecular complexity index is 1440. The second-order valence-electron chi connectivity index (χ2n) is 9.01. The van der Waals surface area contributed by atoms with E-state index in [1.807, 2.05) is 72.8 Å². The van der Waals surface area contributed by atoms with Gasteiger partial charge in [-0.2, -0.15) is 0 Å². The van der Waals surface area contributed by atoms with Crippen molar-refractivity contribution in [1.82, 2.24) is 4.98 Å². The van der Waals surface area contributed by atoms with Gasteiger partial charge in [-0.15, -0.1) is 0 Å². The number of oxazole rings is 1. The molecule has 0 saturated carbocycles. The van der Waals surface area contributed by atoms with Gasteiger partial charge in [-0.3, -0.25) is 4.79 Å². The van der Waals surface area contributed by atoms with Gasteiger partial charge in [0.15, 0.2) is 5.58 Å². The van der Waals surface area contributed by atoms with Crippen molar-refractivity contribution < 1.29 is 9.21 Å². The van der Waals surface area contributed by atoms with E-state index in [-0.39, 0.29) is 11.3 Å². The number of nitrogens with one attached hydrogen (secondary N) is 1. The number of hydrogen-bond donors (Lipinski definition) is 1. The van der Waals surface area contributed by atoms with Crippen LogP contribution in [0.2, 0.25) is 0 Å². The van der Waals surface area contributed by atoms with Gasteiger partial charge in [-0.05, 0) is 58.1 Å². The summed E-state index contributed by atoms with van der Waals surface area (Å²) in [5.74, 6) is 0.417. The number of fused-ring (bicyclic) bond motifs is 2. The standard InChI is InChI=1S/C28H24N2O2/c1-28(2,3)20-13-11-19(12-14-20)27-30-24-17-21(15-16-25(24)32-27)29-26(31)23-10-6-8-18-7-4-5-9-22(18)23/h4-17H,1-3H3,(H,29,31). The average molecular weight is 421 g/mol. The van der Waals surface area contributed by atoms with Crippen molar-refractivity contribution in [3.05, 3.63) is 96.1 Å². The van der Waals surface area contributed by atoms with Gasteiger partial charge in [-0.1, -0.05) is 69.3 Å². The van der Waals surface area contributed by atoms with Crippen LogP contribution in [-0.4, -0.2) is 10.9 Å². The summed E-state index contributed by atoms with van der Waals surface area (Å²) >= 11 is 0. The molecule has 0 aliphatic heterocycles. The number of carbonyl (C=O) groups excluding carboxylic acids is 1. The zero-order valence-corrected chi connectivity index (χ0v) is 18.3.